The third-order valence-electron chi connectivity index (χ3n) is 4.56. The first kappa shape index (κ1) is 19.4. The van der Waals surface area contributed by atoms with E-state index in [2.05, 4.69) is 76.0 Å². The maximum Gasteiger partial charge on any atom is 0.0664 e. The SMILES string of the molecule is CC=CCC1CC=C(C)C=C1c1ccccn1.CCC(C)CC. The Labute approximate surface area is 143 Å². The molecule has 0 amide bonds. The second-order valence-electron chi connectivity index (χ2n) is 6.42. The standard InChI is InChI=1S/C16H19N.C6H14/c1-3-4-7-14-10-9-13(2)12-15(14)16-8-5-6-11-17-16;1-4-6(3)5-2/h3-6,8-9,11-12,14H,7,10H2,1-2H3;6H,4-5H2,1-3H3. The smallest absolute Gasteiger partial charge is 0.0664 e. The van der Waals surface area contributed by atoms with Gasteiger partial charge in [0, 0.05) is 6.20 Å². The summed E-state index contributed by atoms with van der Waals surface area (Å²) in [7, 11) is 0. The molecule has 1 heterocycles. The zero-order valence-electron chi connectivity index (χ0n) is 15.5. The first-order chi connectivity index (χ1) is 11.1. The van der Waals surface area contributed by atoms with Crippen molar-refractivity contribution in [1.82, 2.24) is 4.98 Å². The van der Waals surface area contributed by atoms with Gasteiger partial charge in [-0.15, -0.1) is 0 Å². The van der Waals surface area contributed by atoms with E-state index in [1.165, 1.54) is 24.0 Å². The van der Waals surface area contributed by atoms with Gasteiger partial charge in [-0.05, 0) is 56.2 Å². The molecule has 0 N–H and O–H groups in total. The van der Waals surface area contributed by atoms with Crippen LogP contribution in [0.1, 0.15) is 66.0 Å². The Kier molecular flexibility index (Phi) is 9.28. The zero-order valence-corrected chi connectivity index (χ0v) is 15.5. The van der Waals surface area contributed by atoms with Crippen molar-refractivity contribution in [1.29, 1.82) is 0 Å². The molecule has 1 nitrogen and oxygen atoms in total. The number of allylic oxidation sites excluding steroid dienone is 6. The highest BCUT2D eigenvalue weighted by atomic mass is 14.7. The minimum Gasteiger partial charge on any atom is -0.257 e. The molecule has 1 aliphatic carbocycles. The van der Waals surface area contributed by atoms with Crippen LogP contribution in [0.4, 0.5) is 0 Å². The highest BCUT2D eigenvalue weighted by Crippen LogP contribution is 2.33. The summed E-state index contributed by atoms with van der Waals surface area (Å²) in [5.74, 6) is 1.51. The normalized spacial score (nSPS) is 17.6. The molecule has 126 valence electrons. The van der Waals surface area contributed by atoms with E-state index in [0.29, 0.717) is 5.92 Å². The molecule has 1 aromatic heterocycles. The fourth-order valence-electron chi connectivity index (χ4n) is 2.51. The summed E-state index contributed by atoms with van der Waals surface area (Å²) in [5, 5.41) is 0. The molecule has 1 aliphatic rings. The molecule has 23 heavy (non-hydrogen) atoms. The van der Waals surface area contributed by atoms with E-state index in [4.69, 9.17) is 0 Å². The maximum absolute atomic E-state index is 4.48. The van der Waals surface area contributed by atoms with Crippen LogP contribution in [-0.4, -0.2) is 4.98 Å². The van der Waals surface area contributed by atoms with E-state index in [-0.39, 0.29) is 0 Å². The molecule has 1 unspecified atom stereocenters. The van der Waals surface area contributed by atoms with E-state index in [9.17, 15) is 0 Å². The number of rotatable bonds is 5. The Morgan fingerprint density at radius 2 is 2.00 bits per heavy atom. The summed E-state index contributed by atoms with van der Waals surface area (Å²) < 4.78 is 0. The number of hydrogen-bond acceptors (Lipinski definition) is 1. The van der Waals surface area contributed by atoms with Gasteiger partial charge in [-0.25, -0.2) is 0 Å². The summed E-state index contributed by atoms with van der Waals surface area (Å²) in [6.45, 7) is 11.0. The fraction of sp³-hybridized carbons (Fsp3) is 0.500. The second kappa shape index (κ2) is 11.0. The zero-order chi connectivity index (χ0) is 17.1. The molecule has 0 spiro atoms. The van der Waals surface area contributed by atoms with Gasteiger partial charge in [0.25, 0.3) is 0 Å². The van der Waals surface area contributed by atoms with Crippen molar-refractivity contribution in [3.05, 3.63) is 60.0 Å². The molecular weight excluding hydrogens is 278 g/mol. The van der Waals surface area contributed by atoms with Crippen molar-refractivity contribution in [3.8, 4) is 0 Å². The molecule has 0 bridgehead atoms. The predicted octanol–water partition coefficient (Wildman–Crippen LogP) is 6.84. The molecule has 0 radical (unpaired) electrons. The molecule has 1 heteroatoms. The lowest BCUT2D eigenvalue weighted by Gasteiger charge is -2.21. The molecule has 0 fully saturated rings. The average Bonchev–Trinajstić information content (AvgIpc) is 2.61. The quantitative estimate of drug-likeness (QED) is 0.542. The van der Waals surface area contributed by atoms with E-state index in [1.807, 2.05) is 12.3 Å². The van der Waals surface area contributed by atoms with Gasteiger partial charge >= 0.3 is 0 Å². The van der Waals surface area contributed by atoms with Gasteiger partial charge in [0.05, 0.1) is 5.69 Å². The van der Waals surface area contributed by atoms with Crippen molar-refractivity contribution in [2.24, 2.45) is 11.8 Å². The molecule has 0 saturated heterocycles. The van der Waals surface area contributed by atoms with Gasteiger partial charge in [0.2, 0.25) is 0 Å². The average molecular weight is 312 g/mol. The molecule has 0 saturated carbocycles. The number of hydrogen-bond donors (Lipinski definition) is 0. The molecule has 0 aromatic carbocycles. The molecule has 1 atom stereocenters. The topological polar surface area (TPSA) is 12.9 Å². The predicted molar refractivity (Wildman–Crippen MR) is 103 cm³/mol. The molecule has 1 aromatic rings. The minimum atomic E-state index is 0.574. The van der Waals surface area contributed by atoms with E-state index in [1.54, 1.807) is 0 Å². The summed E-state index contributed by atoms with van der Waals surface area (Å²) >= 11 is 0. The largest absolute Gasteiger partial charge is 0.257 e. The lowest BCUT2D eigenvalue weighted by molar-refractivity contribution is 0.544. The van der Waals surface area contributed by atoms with Crippen molar-refractivity contribution in [2.75, 3.05) is 0 Å². The van der Waals surface area contributed by atoms with Crippen molar-refractivity contribution in [2.45, 2.75) is 60.3 Å². The van der Waals surface area contributed by atoms with Gasteiger partial charge in [0.15, 0.2) is 0 Å². The lowest BCUT2D eigenvalue weighted by Crippen LogP contribution is -2.07. The van der Waals surface area contributed by atoms with Gasteiger partial charge in [-0.1, -0.05) is 69.6 Å². The molecular formula is C22H33N. The summed E-state index contributed by atoms with van der Waals surface area (Å²) in [5.41, 5.74) is 3.85. The molecule has 0 aliphatic heterocycles. The highest BCUT2D eigenvalue weighted by molar-refractivity contribution is 5.69. The first-order valence-corrected chi connectivity index (χ1v) is 9.03. The van der Waals surface area contributed by atoms with Gasteiger partial charge in [-0.2, -0.15) is 0 Å². The highest BCUT2D eigenvalue weighted by Gasteiger charge is 2.17. The van der Waals surface area contributed by atoms with E-state index < -0.39 is 0 Å². The van der Waals surface area contributed by atoms with Crippen molar-refractivity contribution >= 4 is 5.57 Å². The fourth-order valence-corrected chi connectivity index (χ4v) is 2.51. The monoisotopic (exact) mass is 311 g/mol. The Hall–Kier alpha value is -1.63. The van der Waals surface area contributed by atoms with E-state index >= 15 is 0 Å². The van der Waals surface area contributed by atoms with Crippen LogP contribution in [0.5, 0.6) is 0 Å². The lowest BCUT2D eigenvalue weighted by atomic mass is 9.84. The Morgan fingerprint density at radius 3 is 2.52 bits per heavy atom. The van der Waals surface area contributed by atoms with Crippen LogP contribution in [0.25, 0.3) is 5.57 Å². The summed E-state index contributed by atoms with van der Waals surface area (Å²) in [6.07, 6.45) is 15.7. The third kappa shape index (κ3) is 6.99. The number of pyridine rings is 1. The van der Waals surface area contributed by atoms with Crippen LogP contribution in [0.15, 0.2) is 54.3 Å². The second-order valence-corrected chi connectivity index (χ2v) is 6.42. The van der Waals surface area contributed by atoms with Gasteiger partial charge in [-0.3, -0.25) is 4.98 Å². The van der Waals surface area contributed by atoms with Gasteiger partial charge in [0.1, 0.15) is 0 Å². The van der Waals surface area contributed by atoms with Gasteiger partial charge < -0.3 is 0 Å². The van der Waals surface area contributed by atoms with Crippen LogP contribution in [-0.2, 0) is 0 Å². The maximum atomic E-state index is 4.48. The number of nitrogens with zero attached hydrogens (tertiary/aromatic N) is 1. The van der Waals surface area contributed by atoms with Crippen LogP contribution in [0, 0.1) is 11.8 Å². The van der Waals surface area contributed by atoms with Crippen LogP contribution in [0.2, 0.25) is 0 Å². The van der Waals surface area contributed by atoms with Crippen LogP contribution in [0.3, 0.4) is 0 Å². The molecule has 2 rings (SSSR count). The Balaban J connectivity index is 0.000000379. The summed E-state index contributed by atoms with van der Waals surface area (Å²) in [6, 6.07) is 6.13. The minimum absolute atomic E-state index is 0.574. The van der Waals surface area contributed by atoms with Crippen molar-refractivity contribution < 1.29 is 0 Å². The van der Waals surface area contributed by atoms with E-state index in [0.717, 1.165) is 24.5 Å². The summed E-state index contributed by atoms with van der Waals surface area (Å²) in [4.78, 5) is 4.48. The van der Waals surface area contributed by atoms with Crippen molar-refractivity contribution in [3.63, 3.8) is 0 Å². The first-order valence-electron chi connectivity index (χ1n) is 9.03. The number of aromatic nitrogens is 1. The Morgan fingerprint density at radius 1 is 1.26 bits per heavy atom. The third-order valence-corrected chi connectivity index (χ3v) is 4.56. The van der Waals surface area contributed by atoms with Crippen LogP contribution >= 0.6 is 0 Å². The van der Waals surface area contributed by atoms with Crippen LogP contribution < -0.4 is 0 Å². The Bertz CT molecular complexity index is 516.